The van der Waals surface area contributed by atoms with Crippen LogP contribution >= 0.6 is 0 Å². The summed E-state index contributed by atoms with van der Waals surface area (Å²) in [5, 5.41) is 63.1. The lowest BCUT2D eigenvalue weighted by Crippen LogP contribution is -2.77. The zero-order valence-corrected chi connectivity index (χ0v) is 56.8. The van der Waals surface area contributed by atoms with Crippen LogP contribution in [0.15, 0.2) is 115 Å². The molecule has 1 saturated heterocycles. The van der Waals surface area contributed by atoms with Gasteiger partial charge in [0.15, 0.2) is 11.9 Å². The number of anilines is 1. The van der Waals surface area contributed by atoms with Gasteiger partial charge in [-0.05, 0) is 92.0 Å². The summed E-state index contributed by atoms with van der Waals surface area (Å²) in [5.41, 5.74) is -5.48. The first-order chi connectivity index (χ1) is 47.7. The molecule has 3 aliphatic carbocycles. The summed E-state index contributed by atoms with van der Waals surface area (Å²) in [7, 11) is 0. The van der Waals surface area contributed by atoms with Gasteiger partial charge in [-0.3, -0.25) is 33.4 Å². The topological polar surface area (TPSA) is 383 Å². The van der Waals surface area contributed by atoms with Crippen molar-refractivity contribution in [3.63, 3.8) is 0 Å². The van der Waals surface area contributed by atoms with Crippen LogP contribution in [0.4, 0.5) is 5.69 Å². The Kier molecular flexibility index (Phi) is 24.6. The lowest BCUT2D eigenvalue weighted by molar-refractivity contribution is -0.318. The Morgan fingerprint density at radius 3 is 2.14 bits per heavy atom. The number of ketones is 1. The van der Waals surface area contributed by atoms with E-state index in [1.165, 1.54) is 50.2 Å². The van der Waals surface area contributed by atoms with Crippen molar-refractivity contribution in [2.24, 2.45) is 34.0 Å². The van der Waals surface area contributed by atoms with E-state index in [1.54, 1.807) is 98.2 Å². The van der Waals surface area contributed by atoms with Gasteiger partial charge in [0.25, 0.3) is 5.91 Å². The molecule has 13 atom stereocenters. The zero-order valence-electron chi connectivity index (χ0n) is 56.8. The third-order valence-electron chi connectivity index (χ3n) is 20.4. The molecular formula is C73H88N6O21. The van der Waals surface area contributed by atoms with Crippen molar-refractivity contribution in [2.45, 2.75) is 161 Å². The summed E-state index contributed by atoms with van der Waals surface area (Å²) in [6.45, 7) is 6.74. The Balaban J connectivity index is 0.926. The van der Waals surface area contributed by atoms with Gasteiger partial charge in [-0.25, -0.2) is 19.2 Å². The number of aromatic carboxylic acids is 1. The van der Waals surface area contributed by atoms with E-state index in [0.717, 1.165) is 38.3 Å². The van der Waals surface area contributed by atoms with Crippen LogP contribution < -0.4 is 16.0 Å². The number of hydrogen-bond donors (Lipinski definition) is 7. The Morgan fingerprint density at radius 1 is 0.790 bits per heavy atom. The van der Waals surface area contributed by atoms with Crippen LogP contribution in [0.25, 0.3) is 0 Å². The van der Waals surface area contributed by atoms with E-state index in [-0.39, 0.29) is 74.0 Å². The van der Waals surface area contributed by atoms with E-state index in [0.29, 0.717) is 30.6 Å². The number of rotatable bonds is 31. The molecule has 100 heavy (non-hydrogen) atoms. The molecule has 2 heterocycles. The molecule has 3 saturated carbocycles. The average molecular weight is 1390 g/mol. The van der Waals surface area contributed by atoms with Gasteiger partial charge < -0.3 is 69.5 Å². The van der Waals surface area contributed by atoms with Gasteiger partial charge in [-0.2, -0.15) is 0 Å². The molecule has 5 aromatic rings. The normalized spacial score (nSPS) is 25.4. The summed E-state index contributed by atoms with van der Waals surface area (Å²) < 4.78 is 43.2. The highest BCUT2D eigenvalue weighted by atomic mass is 16.6. The molecule has 4 aliphatic rings. The lowest BCUT2D eigenvalue weighted by atomic mass is 9.39. The number of aliphatic hydroxyl groups is 3. The van der Waals surface area contributed by atoms with Crippen LogP contribution in [-0.4, -0.2) is 170 Å². The van der Waals surface area contributed by atoms with Crippen LogP contribution in [-0.2, 0) is 91.1 Å². The van der Waals surface area contributed by atoms with Crippen molar-refractivity contribution in [2.75, 3.05) is 44.9 Å². The number of carboxylic acids is 1. The number of esters is 5. The molecule has 4 aromatic carbocycles. The van der Waals surface area contributed by atoms with Crippen LogP contribution in [0.3, 0.4) is 0 Å². The average Bonchev–Trinajstić information content (AvgIpc) is 0.683. The summed E-state index contributed by atoms with van der Waals surface area (Å²) in [6.07, 6.45) is -1.91. The third kappa shape index (κ3) is 16.8. The quantitative estimate of drug-likeness (QED) is 0.0159. The van der Waals surface area contributed by atoms with Crippen molar-refractivity contribution in [1.82, 2.24) is 25.6 Å². The van der Waals surface area contributed by atoms with Gasteiger partial charge in [0, 0.05) is 74.5 Å². The fraction of sp³-hybridized carbons (Fsp3) is 0.507. The number of Topliss-reactive ketones (excluding diaryl/α,β-unsaturated/α-hetero) is 1. The van der Waals surface area contributed by atoms with Gasteiger partial charge in [-0.1, -0.05) is 118 Å². The Bertz CT molecular complexity index is 3760. The number of benzene rings is 4. The van der Waals surface area contributed by atoms with Gasteiger partial charge in [0.1, 0.15) is 38.6 Å². The molecule has 27 nitrogen and oxygen atoms in total. The molecule has 0 radical (unpaired) electrons. The first-order valence-corrected chi connectivity index (χ1v) is 33.6. The van der Waals surface area contributed by atoms with Crippen molar-refractivity contribution >= 4 is 65.0 Å². The molecule has 536 valence electrons. The molecule has 27 heteroatoms. The molecule has 2 bridgehead atoms. The smallest absolute Gasteiger partial charge is 0.350 e. The minimum atomic E-state index is -2.35. The number of hydrogen-bond acceptors (Lipinski definition) is 22. The molecule has 9 rings (SSSR count). The number of carbonyl (C=O) groups is 10. The molecule has 1 aromatic heterocycles. The number of nitrogens with one attached hydrogen (secondary N) is 3. The second kappa shape index (κ2) is 32.8. The number of unbranched alkanes of at least 4 members (excludes halogenated alkanes) is 3. The summed E-state index contributed by atoms with van der Waals surface area (Å²) in [4.78, 5) is 138. The highest BCUT2D eigenvalue weighted by Gasteiger charge is 2.76. The Labute approximate surface area is 578 Å². The van der Waals surface area contributed by atoms with Gasteiger partial charge in [-0.15, -0.1) is 5.10 Å². The van der Waals surface area contributed by atoms with Gasteiger partial charge in [0.05, 0.1) is 59.0 Å². The van der Waals surface area contributed by atoms with Crippen molar-refractivity contribution in [1.29, 1.82) is 0 Å². The second-order valence-corrected chi connectivity index (χ2v) is 27.1. The van der Waals surface area contributed by atoms with E-state index in [1.807, 2.05) is 6.20 Å². The van der Waals surface area contributed by atoms with Crippen molar-refractivity contribution in [3.05, 3.63) is 149 Å². The number of fused-ring (bicyclic) bond motifs is 5. The van der Waals surface area contributed by atoms with E-state index < -0.39 is 155 Å². The molecular weight excluding hydrogens is 1300 g/mol. The standard InChI is InChI=1S/C73H88N6O21/c1-43-60-64(98-45(3)82)66(88)71(6)53(72(41-96-44(2)81)42-97-55(72)34-54(71)83)35-73(93,70(60,4)5)61(51-25-15-16-26-52(51)68(90)91)63(43)100-69(92)65(62(47-20-11-9-12-21-47)76-67(89)48-22-13-10-14-23-48)99-59(87)40-94-39-58(86)95-38-46-28-30-49(31-29-46)75-57(85)36-74-56(84)27-19-24-50-37-79(78-77-50)32-17-7-8-18-33-80/h9-16,20-23,25-26,28-31,37,43,53-55,60-65,80,83,93H,7-8,17-19,24,27,32-36,38-42H2,1-6H3,(H,74,84)(H,75,85)(H,76,89)(H,90,91)/t43?,53-,54-,55+,60?,61?,62?,63+,64+,65+,71-,72-,73-/m0/s1. The fourth-order valence-electron chi connectivity index (χ4n) is 15.1. The third-order valence-corrected chi connectivity index (χ3v) is 20.4. The van der Waals surface area contributed by atoms with Crippen LogP contribution in [0, 0.1) is 34.0 Å². The van der Waals surface area contributed by atoms with Crippen molar-refractivity contribution in [3.8, 4) is 0 Å². The molecule has 0 spiro atoms. The number of carboxylic acid groups (broad SMARTS) is 1. The predicted octanol–water partition coefficient (Wildman–Crippen LogP) is 5.71. The number of nitrogens with zero attached hydrogens (tertiary/aromatic N) is 3. The maximum Gasteiger partial charge on any atom is 0.350 e. The zero-order chi connectivity index (χ0) is 72.1. The summed E-state index contributed by atoms with van der Waals surface area (Å²) >= 11 is 0. The van der Waals surface area contributed by atoms with Crippen molar-refractivity contribution < 1.29 is 102 Å². The number of aliphatic hydroxyl groups excluding tert-OH is 2. The molecule has 4 unspecified atom stereocenters. The summed E-state index contributed by atoms with van der Waals surface area (Å²) in [6, 6.07) is 26.3. The van der Waals surface area contributed by atoms with Gasteiger partial charge in [0.2, 0.25) is 17.9 Å². The Morgan fingerprint density at radius 2 is 1.47 bits per heavy atom. The van der Waals surface area contributed by atoms with E-state index in [9.17, 15) is 53.7 Å². The first kappa shape index (κ1) is 74.9. The highest BCUT2D eigenvalue weighted by molar-refractivity contribution is 5.96. The van der Waals surface area contributed by atoms with Crippen LogP contribution in [0.5, 0.6) is 0 Å². The number of ether oxygens (including phenoxy) is 7. The minimum absolute atomic E-state index is 0.0378. The molecule has 4 fully saturated rings. The van der Waals surface area contributed by atoms with Crippen LogP contribution in [0.2, 0.25) is 0 Å². The molecule has 3 amide bonds. The number of carbonyl (C=O) groups excluding carboxylic acids is 9. The maximum absolute atomic E-state index is 15.9. The minimum Gasteiger partial charge on any atom is -0.478 e. The lowest BCUT2D eigenvalue weighted by Gasteiger charge is -2.69. The maximum atomic E-state index is 15.9. The van der Waals surface area contributed by atoms with E-state index >= 15 is 9.59 Å². The van der Waals surface area contributed by atoms with E-state index in [2.05, 4.69) is 26.3 Å². The molecule has 1 aliphatic heterocycles. The largest absolute Gasteiger partial charge is 0.478 e. The number of aryl methyl sites for hydroxylation is 2. The fourth-order valence-corrected chi connectivity index (χ4v) is 15.1. The highest BCUT2D eigenvalue weighted by Crippen LogP contribution is 2.69. The SMILES string of the molecule is CC(=O)OC[C@@]12CO[C@@H]1C[C@H](O)[C@@]1(C)C(=O)[C@H](OC(C)=O)C3C(C)[C@@H](OC(=O)[C@H](OC(=O)COCC(=O)OCc4ccc(NC(=O)CNC(=O)CCCc5cn(CCCCCCO)nn5)cc4)C(NC(=O)c4ccccc4)c4ccccc4)C(c4ccccc4C(=O)O)[C@@](O)(C[C@H]21)C3(C)C. The number of amides is 3. The van der Waals surface area contributed by atoms with Gasteiger partial charge >= 0.3 is 35.8 Å². The monoisotopic (exact) mass is 1380 g/mol. The molecule has 7 N–H and O–H groups in total. The van der Waals surface area contributed by atoms with E-state index in [4.69, 9.17) is 38.3 Å². The Hall–Kier alpha value is -9.28. The number of aromatic nitrogens is 3. The van der Waals surface area contributed by atoms with Crippen LogP contribution in [0.1, 0.15) is 148 Å². The summed E-state index contributed by atoms with van der Waals surface area (Å²) in [5.74, 6) is -14.1. The second-order valence-electron chi connectivity index (χ2n) is 27.1. The first-order valence-electron chi connectivity index (χ1n) is 33.6. The predicted molar refractivity (Wildman–Crippen MR) is 354 cm³/mol.